The fourth-order valence-corrected chi connectivity index (χ4v) is 1.49. The van der Waals surface area contributed by atoms with E-state index >= 15 is 0 Å². The van der Waals surface area contributed by atoms with Crippen molar-refractivity contribution in [1.82, 2.24) is 4.98 Å². The summed E-state index contributed by atoms with van der Waals surface area (Å²) in [6, 6.07) is 10.1. The van der Waals surface area contributed by atoms with Crippen LogP contribution < -0.4 is 0 Å². The topological polar surface area (TPSA) is 46.3 Å². The molecule has 1 heterocycles. The number of aliphatic hydroxyl groups excluding tert-OH is 1. The summed E-state index contributed by atoms with van der Waals surface area (Å²) in [6.45, 7) is 1.99. The molecular formula is C13H15NO2. The molecule has 0 radical (unpaired) electrons. The van der Waals surface area contributed by atoms with E-state index < -0.39 is 0 Å². The third-order valence-corrected chi connectivity index (χ3v) is 2.53. The molecule has 1 aromatic heterocycles. The molecular weight excluding hydrogens is 202 g/mol. The molecule has 0 saturated heterocycles. The summed E-state index contributed by atoms with van der Waals surface area (Å²) < 4.78 is 5.57. The predicted molar refractivity (Wildman–Crippen MR) is 61.3 cm³/mol. The van der Waals surface area contributed by atoms with Crippen molar-refractivity contribution in [3.63, 3.8) is 0 Å². The van der Waals surface area contributed by atoms with E-state index in [0.717, 1.165) is 5.76 Å². The molecule has 3 heteroatoms. The highest BCUT2D eigenvalue weighted by atomic mass is 16.4. The molecule has 2 aromatic rings. The standard InChI is InChI=1S/C13H15NO2/c1-10(9-15)12-8-14-13(16-12)7-11-5-3-2-4-6-11/h2-6,8,10,15H,7,9H2,1H3. The molecule has 0 spiro atoms. The van der Waals surface area contributed by atoms with E-state index in [0.29, 0.717) is 12.3 Å². The van der Waals surface area contributed by atoms with Crippen LogP contribution in [0.4, 0.5) is 0 Å². The molecule has 0 aliphatic carbocycles. The lowest BCUT2D eigenvalue weighted by molar-refractivity contribution is 0.255. The van der Waals surface area contributed by atoms with Gasteiger partial charge < -0.3 is 9.52 Å². The Balaban J connectivity index is 2.09. The molecule has 1 aromatic carbocycles. The van der Waals surface area contributed by atoms with Crippen molar-refractivity contribution in [3.05, 3.63) is 53.7 Å². The number of aromatic nitrogens is 1. The molecule has 3 nitrogen and oxygen atoms in total. The Bertz CT molecular complexity index is 436. The first kappa shape index (κ1) is 10.9. The predicted octanol–water partition coefficient (Wildman–Crippen LogP) is 2.36. The van der Waals surface area contributed by atoms with Gasteiger partial charge in [0, 0.05) is 12.3 Å². The summed E-state index contributed by atoms with van der Waals surface area (Å²) in [4.78, 5) is 4.20. The van der Waals surface area contributed by atoms with Gasteiger partial charge in [0.1, 0.15) is 5.76 Å². The van der Waals surface area contributed by atoms with Gasteiger partial charge in [-0.15, -0.1) is 0 Å². The van der Waals surface area contributed by atoms with E-state index in [1.54, 1.807) is 6.20 Å². The third-order valence-electron chi connectivity index (χ3n) is 2.53. The van der Waals surface area contributed by atoms with Crippen molar-refractivity contribution in [3.8, 4) is 0 Å². The fraction of sp³-hybridized carbons (Fsp3) is 0.308. The Morgan fingerprint density at radius 1 is 1.31 bits per heavy atom. The van der Waals surface area contributed by atoms with Crippen molar-refractivity contribution in [2.75, 3.05) is 6.61 Å². The highest BCUT2D eigenvalue weighted by Crippen LogP contribution is 2.17. The zero-order valence-electron chi connectivity index (χ0n) is 9.26. The quantitative estimate of drug-likeness (QED) is 0.855. The summed E-state index contributed by atoms with van der Waals surface area (Å²) in [5, 5.41) is 9.00. The van der Waals surface area contributed by atoms with E-state index in [-0.39, 0.29) is 12.5 Å². The minimum atomic E-state index is 0.0111. The zero-order chi connectivity index (χ0) is 11.4. The van der Waals surface area contributed by atoms with Crippen molar-refractivity contribution in [2.45, 2.75) is 19.3 Å². The van der Waals surface area contributed by atoms with Crippen LogP contribution in [0, 0.1) is 0 Å². The van der Waals surface area contributed by atoms with Gasteiger partial charge in [-0.2, -0.15) is 0 Å². The van der Waals surface area contributed by atoms with Gasteiger partial charge in [0.2, 0.25) is 0 Å². The van der Waals surface area contributed by atoms with E-state index in [2.05, 4.69) is 4.98 Å². The zero-order valence-corrected chi connectivity index (χ0v) is 9.26. The lowest BCUT2D eigenvalue weighted by Crippen LogP contribution is -1.96. The van der Waals surface area contributed by atoms with E-state index in [9.17, 15) is 0 Å². The number of nitrogens with zero attached hydrogens (tertiary/aromatic N) is 1. The molecule has 0 aliphatic rings. The summed E-state index contributed by atoms with van der Waals surface area (Å²) in [7, 11) is 0. The Morgan fingerprint density at radius 2 is 2.06 bits per heavy atom. The SMILES string of the molecule is CC(CO)c1cnc(Cc2ccccc2)o1. The number of rotatable bonds is 4. The second kappa shape index (κ2) is 4.94. The van der Waals surface area contributed by atoms with Crippen LogP contribution in [0.3, 0.4) is 0 Å². The first-order chi connectivity index (χ1) is 7.79. The molecule has 0 fully saturated rings. The molecule has 0 saturated carbocycles. The molecule has 0 aliphatic heterocycles. The van der Waals surface area contributed by atoms with Gasteiger partial charge in [-0.1, -0.05) is 37.3 Å². The molecule has 0 amide bonds. The van der Waals surface area contributed by atoms with Gasteiger partial charge in [-0.25, -0.2) is 4.98 Å². The molecule has 1 N–H and O–H groups in total. The maximum absolute atomic E-state index is 9.00. The second-order valence-electron chi connectivity index (χ2n) is 3.90. The Labute approximate surface area is 94.8 Å². The van der Waals surface area contributed by atoms with Crippen LogP contribution in [0.25, 0.3) is 0 Å². The maximum atomic E-state index is 9.00. The van der Waals surface area contributed by atoms with Crippen LogP contribution in [-0.4, -0.2) is 16.7 Å². The van der Waals surface area contributed by atoms with Crippen molar-refractivity contribution >= 4 is 0 Å². The monoisotopic (exact) mass is 217 g/mol. The summed E-state index contributed by atoms with van der Waals surface area (Å²) in [5.74, 6) is 1.45. The van der Waals surface area contributed by atoms with Gasteiger partial charge in [-0.3, -0.25) is 0 Å². The van der Waals surface area contributed by atoms with Crippen LogP contribution in [0.15, 0.2) is 40.9 Å². The molecule has 1 atom stereocenters. The molecule has 16 heavy (non-hydrogen) atoms. The lowest BCUT2D eigenvalue weighted by atomic mass is 10.1. The Hall–Kier alpha value is -1.61. The van der Waals surface area contributed by atoms with Crippen molar-refractivity contribution < 1.29 is 9.52 Å². The van der Waals surface area contributed by atoms with Gasteiger partial charge >= 0.3 is 0 Å². The minimum absolute atomic E-state index is 0.0111. The Morgan fingerprint density at radius 3 is 2.75 bits per heavy atom. The van der Waals surface area contributed by atoms with Crippen molar-refractivity contribution in [1.29, 1.82) is 0 Å². The highest BCUT2D eigenvalue weighted by Gasteiger charge is 2.10. The molecule has 84 valence electrons. The number of hydrogen-bond acceptors (Lipinski definition) is 3. The fourth-order valence-electron chi connectivity index (χ4n) is 1.49. The largest absolute Gasteiger partial charge is 0.445 e. The van der Waals surface area contributed by atoms with Gasteiger partial charge in [0.15, 0.2) is 5.89 Å². The smallest absolute Gasteiger partial charge is 0.198 e. The summed E-state index contributed by atoms with van der Waals surface area (Å²) >= 11 is 0. The highest BCUT2D eigenvalue weighted by molar-refractivity contribution is 5.18. The maximum Gasteiger partial charge on any atom is 0.198 e. The van der Waals surface area contributed by atoms with Crippen LogP contribution in [0.2, 0.25) is 0 Å². The normalized spacial score (nSPS) is 12.6. The number of aliphatic hydroxyl groups is 1. The average molecular weight is 217 g/mol. The van der Waals surface area contributed by atoms with Crippen molar-refractivity contribution in [2.24, 2.45) is 0 Å². The van der Waals surface area contributed by atoms with Gasteiger partial charge in [0.25, 0.3) is 0 Å². The van der Waals surface area contributed by atoms with E-state index in [4.69, 9.17) is 9.52 Å². The molecule has 2 rings (SSSR count). The van der Waals surface area contributed by atoms with E-state index in [1.165, 1.54) is 5.56 Å². The molecule has 1 unspecified atom stereocenters. The summed E-state index contributed by atoms with van der Waals surface area (Å²) in [5.41, 5.74) is 1.17. The Kier molecular flexibility index (Phi) is 3.37. The van der Waals surface area contributed by atoms with Gasteiger partial charge in [0.05, 0.1) is 12.8 Å². The average Bonchev–Trinajstić information content (AvgIpc) is 2.78. The third kappa shape index (κ3) is 2.49. The number of oxazole rings is 1. The second-order valence-corrected chi connectivity index (χ2v) is 3.90. The number of benzene rings is 1. The van der Waals surface area contributed by atoms with Gasteiger partial charge in [-0.05, 0) is 5.56 Å². The number of hydrogen-bond donors (Lipinski definition) is 1. The lowest BCUT2D eigenvalue weighted by Gasteiger charge is -2.01. The first-order valence-electron chi connectivity index (χ1n) is 5.39. The molecule has 0 bridgehead atoms. The first-order valence-corrected chi connectivity index (χ1v) is 5.39. The van der Waals surface area contributed by atoms with Crippen LogP contribution in [0.1, 0.15) is 30.1 Å². The van der Waals surface area contributed by atoms with Crippen LogP contribution >= 0.6 is 0 Å². The van der Waals surface area contributed by atoms with Crippen LogP contribution in [-0.2, 0) is 6.42 Å². The van der Waals surface area contributed by atoms with Crippen LogP contribution in [0.5, 0.6) is 0 Å². The minimum Gasteiger partial charge on any atom is -0.445 e. The van der Waals surface area contributed by atoms with E-state index in [1.807, 2.05) is 37.3 Å². The summed E-state index contributed by atoms with van der Waals surface area (Å²) in [6.07, 6.45) is 2.39.